The Bertz CT molecular complexity index is 1350. The number of phenolic OH excluding ortho intramolecular Hbond substituents is 2. The van der Waals surface area contributed by atoms with Crippen LogP contribution in [0.1, 0.15) is 36.8 Å². The number of amides is 3. The molecule has 13 N–H and O–H groups in total. The van der Waals surface area contributed by atoms with Crippen LogP contribution >= 0.6 is 0 Å². The van der Waals surface area contributed by atoms with Crippen molar-refractivity contribution < 1.29 is 44.4 Å². The number of carboxylic acid groups (broad SMARTS) is 2. The van der Waals surface area contributed by atoms with Crippen molar-refractivity contribution in [2.45, 2.75) is 62.7 Å². The molecule has 0 aliphatic carbocycles. The van der Waals surface area contributed by atoms with Crippen molar-refractivity contribution in [1.82, 2.24) is 16.0 Å². The number of carbonyl (C=O) groups is 5. The van der Waals surface area contributed by atoms with Gasteiger partial charge in [0, 0.05) is 25.8 Å². The molecule has 3 amide bonds. The first-order valence-electron chi connectivity index (χ1n) is 14.0. The van der Waals surface area contributed by atoms with Crippen molar-refractivity contribution in [3.8, 4) is 11.5 Å². The minimum absolute atomic E-state index is 0.00611. The van der Waals surface area contributed by atoms with E-state index in [0.29, 0.717) is 11.1 Å². The minimum Gasteiger partial charge on any atom is -0.508 e. The molecule has 0 aliphatic heterocycles. The zero-order valence-corrected chi connectivity index (χ0v) is 24.4. The number of aliphatic carboxylic acids is 2. The first-order valence-corrected chi connectivity index (χ1v) is 14.0. The van der Waals surface area contributed by atoms with Gasteiger partial charge in [-0.25, -0.2) is 4.79 Å². The fraction of sp³-hybridized carbons (Fsp3) is 0.379. The smallest absolute Gasteiger partial charge is 0.326 e. The number of hydrogen-bond acceptors (Lipinski definition) is 9. The SMILES string of the molecule is NC(N)=NCCCC(NC(=O)C(N)CCC(=O)O)C(=O)NC(Cc1ccc(O)cc1)C(=O)NC(Cc1ccc(O)cc1)C(=O)O. The molecule has 0 fully saturated rings. The van der Waals surface area contributed by atoms with Crippen molar-refractivity contribution in [3.05, 3.63) is 59.7 Å². The number of guanidine groups is 1. The van der Waals surface area contributed by atoms with Crippen LogP contribution in [0.25, 0.3) is 0 Å². The molecule has 0 heterocycles. The van der Waals surface area contributed by atoms with Gasteiger partial charge in [0.1, 0.15) is 29.6 Å². The molecule has 45 heavy (non-hydrogen) atoms. The van der Waals surface area contributed by atoms with Crippen molar-refractivity contribution in [2.24, 2.45) is 22.2 Å². The number of nitrogens with two attached hydrogens (primary N) is 3. The maximum absolute atomic E-state index is 13.5. The summed E-state index contributed by atoms with van der Waals surface area (Å²) in [5.74, 6) is -5.17. The Kier molecular flexibility index (Phi) is 14.1. The van der Waals surface area contributed by atoms with E-state index in [2.05, 4.69) is 20.9 Å². The van der Waals surface area contributed by atoms with Crippen molar-refractivity contribution in [1.29, 1.82) is 0 Å². The summed E-state index contributed by atoms with van der Waals surface area (Å²) in [4.78, 5) is 66.4. The number of carbonyl (C=O) groups excluding carboxylic acids is 3. The molecule has 2 rings (SSSR count). The summed E-state index contributed by atoms with van der Waals surface area (Å²) in [6, 6.07) is 6.33. The fourth-order valence-electron chi connectivity index (χ4n) is 4.15. The molecule has 16 nitrogen and oxygen atoms in total. The van der Waals surface area contributed by atoms with Gasteiger partial charge in [0.05, 0.1) is 6.04 Å². The van der Waals surface area contributed by atoms with E-state index in [1.54, 1.807) is 0 Å². The second-order valence-electron chi connectivity index (χ2n) is 10.3. The van der Waals surface area contributed by atoms with Gasteiger partial charge in [-0.05, 0) is 54.7 Å². The molecule has 0 aromatic heterocycles. The lowest BCUT2D eigenvalue weighted by Gasteiger charge is -2.25. The number of nitrogens with one attached hydrogen (secondary N) is 3. The largest absolute Gasteiger partial charge is 0.508 e. The van der Waals surface area contributed by atoms with Crippen LogP contribution < -0.4 is 33.2 Å². The molecule has 0 radical (unpaired) electrons. The Morgan fingerprint density at radius 1 is 0.689 bits per heavy atom. The third-order valence-electron chi connectivity index (χ3n) is 6.58. The molecule has 2 aromatic rings. The molecule has 0 saturated heterocycles. The Morgan fingerprint density at radius 2 is 1.16 bits per heavy atom. The highest BCUT2D eigenvalue weighted by atomic mass is 16.4. The second-order valence-corrected chi connectivity index (χ2v) is 10.3. The van der Waals surface area contributed by atoms with Gasteiger partial charge in [-0.1, -0.05) is 24.3 Å². The number of phenols is 2. The number of aromatic hydroxyl groups is 2. The number of aliphatic imine (C=N–C) groups is 1. The molecule has 0 saturated carbocycles. The van der Waals surface area contributed by atoms with Crippen molar-refractivity contribution >= 4 is 35.6 Å². The average Bonchev–Trinajstić information content (AvgIpc) is 2.98. The predicted molar refractivity (Wildman–Crippen MR) is 162 cm³/mol. The topological polar surface area (TPSA) is 293 Å². The van der Waals surface area contributed by atoms with Crippen LogP contribution in [0.4, 0.5) is 0 Å². The van der Waals surface area contributed by atoms with E-state index in [-0.39, 0.29) is 62.5 Å². The van der Waals surface area contributed by atoms with Crippen molar-refractivity contribution in [2.75, 3.05) is 6.54 Å². The van der Waals surface area contributed by atoms with E-state index < -0.39 is 53.8 Å². The number of nitrogens with zero attached hydrogens (tertiary/aromatic N) is 1. The summed E-state index contributed by atoms with van der Waals surface area (Å²) < 4.78 is 0. The summed E-state index contributed by atoms with van der Waals surface area (Å²) in [6.07, 6.45) is -0.572. The lowest BCUT2D eigenvalue weighted by atomic mass is 10.0. The van der Waals surface area contributed by atoms with Gasteiger partial charge in [-0.3, -0.25) is 24.2 Å². The lowest BCUT2D eigenvalue weighted by Crippen LogP contribution is -2.57. The van der Waals surface area contributed by atoms with Crippen LogP contribution in [0.15, 0.2) is 53.5 Å². The standard InChI is InChI=1S/C29H39N7O9/c30-20(11-12-24(39)40)25(41)34-21(2-1-13-33-29(31)32)26(42)35-22(14-16-3-7-18(37)8-4-16)27(43)36-23(28(44)45)15-17-5-9-19(38)10-6-17/h3-10,20-23,37-38H,1-2,11-15,30H2,(H,34,41)(H,35,42)(H,36,43)(H,39,40)(H,44,45)(H4,31,32,33). The number of carboxylic acids is 2. The molecule has 4 unspecified atom stereocenters. The third kappa shape index (κ3) is 13.2. The first kappa shape index (κ1) is 35.8. The van der Waals surface area contributed by atoms with Gasteiger partial charge in [0.25, 0.3) is 0 Å². The van der Waals surface area contributed by atoms with E-state index in [1.165, 1.54) is 48.5 Å². The minimum atomic E-state index is -1.40. The second kappa shape index (κ2) is 17.7. The first-order chi connectivity index (χ1) is 21.2. The maximum Gasteiger partial charge on any atom is 0.326 e. The Labute approximate surface area is 258 Å². The fourth-order valence-corrected chi connectivity index (χ4v) is 4.15. The highest BCUT2D eigenvalue weighted by molar-refractivity contribution is 5.94. The lowest BCUT2D eigenvalue weighted by molar-refractivity contribution is -0.142. The molecular weight excluding hydrogens is 590 g/mol. The van der Waals surface area contributed by atoms with E-state index in [0.717, 1.165) is 0 Å². The molecule has 244 valence electrons. The molecule has 0 aliphatic rings. The van der Waals surface area contributed by atoms with E-state index in [4.69, 9.17) is 22.3 Å². The van der Waals surface area contributed by atoms with E-state index >= 15 is 0 Å². The van der Waals surface area contributed by atoms with Crippen molar-refractivity contribution in [3.63, 3.8) is 0 Å². The normalized spacial score (nSPS) is 13.4. The predicted octanol–water partition coefficient (Wildman–Crippen LogP) is -1.33. The number of hydrogen-bond donors (Lipinski definition) is 10. The van der Waals surface area contributed by atoms with Crippen LogP contribution in [0.2, 0.25) is 0 Å². The molecule has 0 bridgehead atoms. The third-order valence-corrected chi connectivity index (χ3v) is 6.58. The molecule has 16 heteroatoms. The summed E-state index contributed by atoms with van der Waals surface area (Å²) in [7, 11) is 0. The van der Waals surface area contributed by atoms with Gasteiger partial charge >= 0.3 is 11.9 Å². The van der Waals surface area contributed by atoms with Crippen LogP contribution in [-0.4, -0.2) is 86.8 Å². The Balaban J connectivity index is 2.29. The summed E-state index contributed by atoms with van der Waals surface area (Å²) >= 11 is 0. The molecule has 2 aromatic carbocycles. The van der Waals surface area contributed by atoms with Crippen LogP contribution in [0.3, 0.4) is 0 Å². The molecule has 4 atom stereocenters. The summed E-state index contributed by atoms with van der Waals surface area (Å²) in [6.45, 7) is 0.113. The number of benzene rings is 2. The van der Waals surface area contributed by atoms with Gasteiger partial charge in [-0.2, -0.15) is 0 Å². The number of rotatable bonds is 18. The Hall–Kier alpha value is -5.38. The van der Waals surface area contributed by atoms with E-state index in [1.807, 2.05) is 0 Å². The quantitative estimate of drug-likeness (QED) is 0.0521. The van der Waals surface area contributed by atoms with Gasteiger partial charge < -0.3 is 53.6 Å². The molecular formula is C29H39N7O9. The van der Waals surface area contributed by atoms with Crippen LogP contribution in [-0.2, 0) is 36.8 Å². The summed E-state index contributed by atoms with van der Waals surface area (Å²) in [5, 5.41) is 45.3. The van der Waals surface area contributed by atoms with E-state index in [9.17, 15) is 39.3 Å². The average molecular weight is 630 g/mol. The van der Waals surface area contributed by atoms with Crippen LogP contribution in [0.5, 0.6) is 11.5 Å². The van der Waals surface area contributed by atoms with Gasteiger partial charge in [-0.15, -0.1) is 0 Å². The van der Waals surface area contributed by atoms with Gasteiger partial charge in [0.15, 0.2) is 5.96 Å². The zero-order valence-electron chi connectivity index (χ0n) is 24.4. The Morgan fingerprint density at radius 3 is 1.64 bits per heavy atom. The highest BCUT2D eigenvalue weighted by Gasteiger charge is 2.30. The maximum atomic E-state index is 13.5. The van der Waals surface area contributed by atoms with Crippen LogP contribution in [0, 0.1) is 0 Å². The van der Waals surface area contributed by atoms with Gasteiger partial charge in [0.2, 0.25) is 17.7 Å². The summed E-state index contributed by atoms with van der Waals surface area (Å²) in [5.41, 5.74) is 17.5. The molecule has 0 spiro atoms. The highest BCUT2D eigenvalue weighted by Crippen LogP contribution is 2.14. The zero-order chi connectivity index (χ0) is 33.5. The monoisotopic (exact) mass is 629 g/mol.